The summed E-state index contributed by atoms with van der Waals surface area (Å²) in [6.45, 7) is 4.01. The number of amides is 1. The van der Waals surface area contributed by atoms with Crippen molar-refractivity contribution in [3.05, 3.63) is 82.4 Å². The predicted molar refractivity (Wildman–Crippen MR) is 87.5 cm³/mol. The summed E-state index contributed by atoms with van der Waals surface area (Å²) in [5, 5.41) is 8.64. The van der Waals surface area contributed by atoms with Gasteiger partial charge in [-0.05, 0) is 29.8 Å². The average molecular weight is 347 g/mol. The first-order valence-electron chi connectivity index (χ1n) is 7.00. The molecule has 0 unspecified atom stereocenters. The van der Waals surface area contributed by atoms with E-state index in [-0.39, 0.29) is 23.7 Å². The van der Waals surface area contributed by atoms with Crippen LogP contribution in [0.1, 0.15) is 21.5 Å². The van der Waals surface area contributed by atoms with Gasteiger partial charge in [-0.3, -0.25) is 4.79 Å². The topological polar surface area (TPSA) is 44.1 Å². The fraction of sp³-hybridized carbons (Fsp3) is 0.111. The lowest BCUT2D eigenvalue weighted by atomic mass is 10.1. The third-order valence-corrected chi connectivity index (χ3v) is 3.65. The molecule has 2 aromatic carbocycles. The maximum atomic E-state index is 13.4. The summed E-state index contributed by atoms with van der Waals surface area (Å²) in [6, 6.07) is 10.3. The lowest BCUT2D eigenvalue weighted by Crippen LogP contribution is -2.31. The molecule has 0 fully saturated rings. The summed E-state index contributed by atoms with van der Waals surface area (Å²) < 4.78 is 26.6. The summed E-state index contributed by atoms with van der Waals surface area (Å²) in [5.41, 5.74) is 1.16. The van der Waals surface area contributed by atoms with E-state index in [4.69, 9.17) is 16.9 Å². The minimum atomic E-state index is -1.14. The van der Waals surface area contributed by atoms with E-state index in [0.29, 0.717) is 5.56 Å². The van der Waals surface area contributed by atoms with Crippen LogP contribution in [0.2, 0.25) is 5.02 Å². The molecular formula is C18H13ClF2N2O. The molecule has 0 heterocycles. The van der Waals surface area contributed by atoms with Crippen molar-refractivity contribution in [1.29, 1.82) is 5.26 Å². The largest absolute Gasteiger partial charge is 0.331 e. The number of rotatable bonds is 5. The first-order valence-corrected chi connectivity index (χ1v) is 7.37. The molecule has 122 valence electrons. The van der Waals surface area contributed by atoms with E-state index in [0.717, 1.165) is 17.7 Å². The highest BCUT2D eigenvalue weighted by molar-refractivity contribution is 6.33. The van der Waals surface area contributed by atoms with Crippen LogP contribution in [0.3, 0.4) is 0 Å². The lowest BCUT2D eigenvalue weighted by Gasteiger charge is -2.22. The van der Waals surface area contributed by atoms with E-state index in [9.17, 15) is 13.6 Å². The van der Waals surface area contributed by atoms with E-state index in [1.807, 2.05) is 6.07 Å². The average Bonchev–Trinajstić information content (AvgIpc) is 2.58. The van der Waals surface area contributed by atoms with E-state index < -0.39 is 17.5 Å². The highest BCUT2D eigenvalue weighted by Crippen LogP contribution is 2.22. The Kier molecular flexibility index (Phi) is 5.67. The van der Waals surface area contributed by atoms with Crippen molar-refractivity contribution in [3.63, 3.8) is 0 Å². The van der Waals surface area contributed by atoms with Crippen molar-refractivity contribution in [2.45, 2.75) is 6.54 Å². The number of halogens is 3. The molecule has 0 spiro atoms. The van der Waals surface area contributed by atoms with Gasteiger partial charge in [0.25, 0.3) is 5.91 Å². The molecular weight excluding hydrogens is 334 g/mol. The lowest BCUT2D eigenvalue weighted by molar-refractivity contribution is 0.0762. The molecule has 24 heavy (non-hydrogen) atoms. The van der Waals surface area contributed by atoms with Crippen molar-refractivity contribution in [2.75, 3.05) is 6.54 Å². The van der Waals surface area contributed by atoms with Gasteiger partial charge in [-0.2, -0.15) is 5.26 Å². The summed E-state index contributed by atoms with van der Waals surface area (Å²) in [4.78, 5) is 14.0. The van der Waals surface area contributed by atoms with Crippen LogP contribution in [0.25, 0.3) is 0 Å². The van der Waals surface area contributed by atoms with Gasteiger partial charge < -0.3 is 4.90 Å². The van der Waals surface area contributed by atoms with Crippen LogP contribution in [0, 0.1) is 23.0 Å². The molecule has 3 nitrogen and oxygen atoms in total. The fourth-order valence-corrected chi connectivity index (χ4v) is 2.37. The third-order valence-electron chi connectivity index (χ3n) is 3.33. The van der Waals surface area contributed by atoms with Gasteiger partial charge >= 0.3 is 0 Å². The smallest absolute Gasteiger partial charge is 0.256 e. The van der Waals surface area contributed by atoms with Gasteiger partial charge in [-0.25, -0.2) is 8.78 Å². The Morgan fingerprint density at radius 3 is 2.46 bits per heavy atom. The molecule has 2 rings (SSSR count). The quantitative estimate of drug-likeness (QED) is 0.598. The van der Waals surface area contributed by atoms with Crippen molar-refractivity contribution < 1.29 is 13.6 Å². The normalized spacial score (nSPS) is 10.1. The number of nitrogens with zero attached hydrogens (tertiary/aromatic N) is 2. The maximum absolute atomic E-state index is 13.4. The molecule has 0 N–H and O–H groups in total. The van der Waals surface area contributed by atoms with Gasteiger partial charge in [-0.1, -0.05) is 29.8 Å². The Hall–Kier alpha value is -2.71. The second kappa shape index (κ2) is 7.71. The van der Waals surface area contributed by atoms with E-state index in [2.05, 4.69) is 6.58 Å². The van der Waals surface area contributed by atoms with Gasteiger partial charge in [0.05, 0.1) is 22.2 Å². The summed E-state index contributed by atoms with van der Waals surface area (Å²) in [5.74, 6) is -2.79. The molecule has 0 saturated carbocycles. The van der Waals surface area contributed by atoms with Crippen molar-refractivity contribution >= 4 is 17.5 Å². The highest BCUT2D eigenvalue weighted by atomic mass is 35.5. The number of benzene rings is 2. The standard InChI is InChI=1S/C18H13ClF2N2O/c1-2-7-23(11-13-5-3-12(10-22)4-6-13)18(24)14-8-16(20)17(21)9-15(14)19/h2-6,8-9H,1,7,11H2. The molecule has 2 aromatic rings. The van der Waals surface area contributed by atoms with Crippen LogP contribution in [-0.2, 0) is 6.54 Å². The summed E-state index contributed by atoms with van der Waals surface area (Å²) in [7, 11) is 0. The van der Waals surface area contributed by atoms with Crippen LogP contribution < -0.4 is 0 Å². The van der Waals surface area contributed by atoms with E-state index in [1.165, 1.54) is 11.0 Å². The SMILES string of the molecule is C=CCN(Cc1ccc(C#N)cc1)C(=O)c1cc(F)c(F)cc1Cl. The number of carbonyl (C=O) groups is 1. The van der Waals surface area contributed by atoms with Gasteiger partial charge in [0, 0.05) is 13.1 Å². The number of nitriles is 1. The number of hydrogen-bond acceptors (Lipinski definition) is 2. The van der Waals surface area contributed by atoms with Gasteiger partial charge in [0.15, 0.2) is 11.6 Å². The Balaban J connectivity index is 2.29. The number of hydrogen-bond donors (Lipinski definition) is 0. The number of carbonyl (C=O) groups excluding carboxylic acids is 1. The van der Waals surface area contributed by atoms with Crippen LogP contribution >= 0.6 is 11.6 Å². The molecule has 6 heteroatoms. The minimum Gasteiger partial charge on any atom is -0.331 e. The van der Waals surface area contributed by atoms with Crippen molar-refractivity contribution in [1.82, 2.24) is 4.90 Å². The molecule has 0 aromatic heterocycles. The first-order chi connectivity index (χ1) is 11.5. The zero-order chi connectivity index (χ0) is 17.7. The minimum absolute atomic E-state index is 0.119. The van der Waals surface area contributed by atoms with Crippen molar-refractivity contribution in [2.24, 2.45) is 0 Å². The van der Waals surface area contributed by atoms with Crippen LogP contribution in [-0.4, -0.2) is 17.4 Å². The zero-order valence-electron chi connectivity index (χ0n) is 12.6. The van der Waals surface area contributed by atoms with Crippen LogP contribution in [0.4, 0.5) is 8.78 Å². The van der Waals surface area contributed by atoms with Gasteiger partial charge in [0.2, 0.25) is 0 Å². The van der Waals surface area contributed by atoms with Crippen LogP contribution in [0.15, 0.2) is 49.1 Å². The van der Waals surface area contributed by atoms with Crippen LogP contribution in [0.5, 0.6) is 0 Å². The summed E-state index contributed by atoms with van der Waals surface area (Å²) in [6.07, 6.45) is 1.52. The third kappa shape index (κ3) is 3.98. The maximum Gasteiger partial charge on any atom is 0.256 e. The molecule has 0 atom stereocenters. The second-order valence-electron chi connectivity index (χ2n) is 5.03. The molecule has 0 saturated heterocycles. The highest BCUT2D eigenvalue weighted by Gasteiger charge is 2.20. The predicted octanol–water partition coefficient (Wildman–Crippen LogP) is 4.32. The molecule has 0 aliphatic carbocycles. The van der Waals surface area contributed by atoms with E-state index >= 15 is 0 Å². The first kappa shape index (κ1) is 17.6. The Morgan fingerprint density at radius 2 is 1.88 bits per heavy atom. The fourth-order valence-electron chi connectivity index (χ4n) is 2.14. The Labute approximate surface area is 143 Å². The zero-order valence-corrected chi connectivity index (χ0v) is 13.4. The van der Waals surface area contributed by atoms with Gasteiger partial charge in [0.1, 0.15) is 0 Å². The van der Waals surface area contributed by atoms with Gasteiger partial charge in [-0.15, -0.1) is 6.58 Å². The monoisotopic (exact) mass is 346 g/mol. The van der Waals surface area contributed by atoms with Crippen molar-refractivity contribution in [3.8, 4) is 6.07 Å². The molecule has 0 aliphatic heterocycles. The Bertz CT molecular complexity index is 813. The molecule has 1 amide bonds. The van der Waals surface area contributed by atoms with E-state index in [1.54, 1.807) is 24.3 Å². The summed E-state index contributed by atoms with van der Waals surface area (Å²) >= 11 is 5.87. The molecule has 0 bridgehead atoms. The molecule has 0 radical (unpaired) electrons. The molecule has 0 aliphatic rings. The second-order valence-corrected chi connectivity index (χ2v) is 5.44. The Morgan fingerprint density at radius 1 is 1.25 bits per heavy atom.